The third-order valence-corrected chi connectivity index (χ3v) is 3.53. The maximum atomic E-state index is 6.12. The van der Waals surface area contributed by atoms with Crippen LogP contribution in [0, 0.1) is 0 Å². The molecule has 0 unspecified atom stereocenters. The van der Waals surface area contributed by atoms with Crippen LogP contribution in [0.5, 0.6) is 5.75 Å². The van der Waals surface area contributed by atoms with Crippen LogP contribution in [0.4, 0.5) is 0 Å². The Morgan fingerprint density at radius 1 is 1.26 bits per heavy atom. The lowest BCUT2D eigenvalue weighted by molar-refractivity contribution is 0.306. The summed E-state index contributed by atoms with van der Waals surface area (Å²) in [7, 11) is 0. The number of nitrogens with zero attached hydrogens (tertiary/aromatic N) is 1. The summed E-state index contributed by atoms with van der Waals surface area (Å²) in [5.41, 5.74) is 4.61. The Bertz CT molecular complexity index is 691. The van der Waals surface area contributed by atoms with Crippen molar-refractivity contribution in [2.24, 2.45) is 5.10 Å². The molecule has 0 spiro atoms. The number of ether oxygens (including phenoxy) is 1. The fourth-order valence-corrected chi connectivity index (χ4v) is 2.21. The van der Waals surface area contributed by atoms with Gasteiger partial charge in [-0.2, -0.15) is 5.10 Å². The maximum absolute atomic E-state index is 6.12. The van der Waals surface area contributed by atoms with Crippen molar-refractivity contribution in [3.63, 3.8) is 0 Å². The zero-order chi connectivity index (χ0) is 16.5. The lowest BCUT2D eigenvalue weighted by atomic mass is 10.2. The summed E-state index contributed by atoms with van der Waals surface area (Å²) in [5, 5.41) is 8.23. The summed E-state index contributed by atoms with van der Waals surface area (Å²) in [4.78, 5) is 0. The van der Waals surface area contributed by atoms with Crippen LogP contribution in [0.25, 0.3) is 0 Å². The lowest BCUT2D eigenvalue weighted by Crippen LogP contribution is -2.31. The minimum atomic E-state index is 0.420. The summed E-state index contributed by atoms with van der Waals surface area (Å²) in [6.07, 6.45) is 1.69. The Morgan fingerprint density at radius 3 is 2.87 bits per heavy atom. The van der Waals surface area contributed by atoms with Crippen LogP contribution < -0.4 is 15.5 Å². The molecule has 0 aliphatic rings. The van der Waals surface area contributed by atoms with Crippen molar-refractivity contribution in [3.05, 3.63) is 64.7 Å². The molecular weight excluding hydrogens is 330 g/mol. The van der Waals surface area contributed by atoms with Crippen LogP contribution in [0.3, 0.4) is 0 Å². The first kappa shape index (κ1) is 17.2. The second-order valence-corrected chi connectivity index (χ2v) is 5.50. The summed E-state index contributed by atoms with van der Waals surface area (Å²) < 4.78 is 5.77. The monoisotopic (exact) mass is 347 g/mol. The van der Waals surface area contributed by atoms with E-state index in [9.17, 15) is 0 Å². The summed E-state index contributed by atoms with van der Waals surface area (Å²) in [6, 6.07) is 15.3. The number of halogens is 1. The molecule has 0 heterocycles. The van der Waals surface area contributed by atoms with Crippen molar-refractivity contribution in [2.45, 2.75) is 13.5 Å². The van der Waals surface area contributed by atoms with Gasteiger partial charge in [-0.25, -0.2) is 0 Å². The van der Waals surface area contributed by atoms with Crippen LogP contribution in [0.2, 0.25) is 5.02 Å². The SMILES string of the molecule is CCNC(=S)NN=Cc1cccc(OCc2ccccc2Cl)c1. The van der Waals surface area contributed by atoms with E-state index in [1.165, 1.54) is 0 Å². The first-order chi connectivity index (χ1) is 11.2. The Kier molecular flexibility index (Phi) is 6.84. The van der Waals surface area contributed by atoms with Crippen LogP contribution in [-0.4, -0.2) is 17.9 Å². The number of nitrogens with one attached hydrogen (secondary N) is 2. The van der Waals surface area contributed by atoms with E-state index < -0.39 is 0 Å². The maximum Gasteiger partial charge on any atom is 0.186 e. The molecule has 0 amide bonds. The molecule has 0 radical (unpaired) electrons. The molecule has 0 aliphatic heterocycles. The summed E-state index contributed by atoms with van der Waals surface area (Å²) >= 11 is 11.1. The van der Waals surface area contributed by atoms with Crippen molar-refractivity contribution < 1.29 is 4.74 Å². The smallest absolute Gasteiger partial charge is 0.186 e. The molecule has 2 N–H and O–H groups in total. The Labute approximate surface area is 146 Å². The van der Waals surface area contributed by atoms with Crippen LogP contribution in [0.15, 0.2) is 53.6 Å². The predicted molar refractivity (Wildman–Crippen MR) is 99.2 cm³/mol. The van der Waals surface area contributed by atoms with Gasteiger partial charge in [0, 0.05) is 17.1 Å². The van der Waals surface area contributed by atoms with Gasteiger partial charge in [0.2, 0.25) is 0 Å². The van der Waals surface area contributed by atoms with Gasteiger partial charge in [0.15, 0.2) is 5.11 Å². The van der Waals surface area contributed by atoms with Crippen LogP contribution >= 0.6 is 23.8 Å². The van der Waals surface area contributed by atoms with Crippen molar-refractivity contribution >= 4 is 35.1 Å². The molecule has 6 heteroatoms. The van der Waals surface area contributed by atoms with E-state index in [1.54, 1.807) is 6.21 Å². The molecule has 2 aromatic carbocycles. The molecule has 0 aromatic heterocycles. The fraction of sp³-hybridized carbons (Fsp3) is 0.176. The normalized spacial score (nSPS) is 10.5. The highest BCUT2D eigenvalue weighted by molar-refractivity contribution is 7.80. The second-order valence-electron chi connectivity index (χ2n) is 4.68. The second kappa shape index (κ2) is 9.12. The predicted octanol–water partition coefficient (Wildman–Crippen LogP) is 3.74. The number of thiocarbonyl (C=S) groups is 1. The summed E-state index contributed by atoms with van der Waals surface area (Å²) in [6.45, 7) is 3.15. The Hall–Kier alpha value is -2.11. The third-order valence-electron chi connectivity index (χ3n) is 2.93. The lowest BCUT2D eigenvalue weighted by Gasteiger charge is -2.08. The van der Waals surface area contributed by atoms with Gasteiger partial charge in [-0.15, -0.1) is 0 Å². The first-order valence-electron chi connectivity index (χ1n) is 7.22. The van der Waals surface area contributed by atoms with Gasteiger partial charge in [-0.1, -0.05) is 41.9 Å². The van der Waals surface area contributed by atoms with Gasteiger partial charge in [0.05, 0.1) is 6.21 Å². The van der Waals surface area contributed by atoms with Gasteiger partial charge in [0.1, 0.15) is 12.4 Å². The quantitative estimate of drug-likeness (QED) is 0.475. The van der Waals surface area contributed by atoms with Gasteiger partial charge in [0.25, 0.3) is 0 Å². The number of benzene rings is 2. The highest BCUT2D eigenvalue weighted by Crippen LogP contribution is 2.19. The Morgan fingerprint density at radius 2 is 2.09 bits per heavy atom. The molecule has 2 rings (SSSR count). The average Bonchev–Trinajstić information content (AvgIpc) is 2.55. The highest BCUT2D eigenvalue weighted by Gasteiger charge is 2.01. The number of hydrogen-bond donors (Lipinski definition) is 2. The molecule has 0 atom stereocenters. The first-order valence-corrected chi connectivity index (χ1v) is 8.01. The fourth-order valence-electron chi connectivity index (χ4n) is 1.83. The molecule has 0 bridgehead atoms. The van der Waals surface area contributed by atoms with Gasteiger partial charge >= 0.3 is 0 Å². The third kappa shape index (κ3) is 5.88. The van der Waals surface area contributed by atoms with Crippen molar-refractivity contribution in [1.29, 1.82) is 0 Å². The molecule has 0 saturated heterocycles. The van der Waals surface area contributed by atoms with Crippen molar-refractivity contribution in [1.82, 2.24) is 10.7 Å². The molecule has 23 heavy (non-hydrogen) atoms. The largest absolute Gasteiger partial charge is 0.489 e. The van der Waals surface area contributed by atoms with E-state index in [4.69, 9.17) is 28.6 Å². The highest BCUT2D eigenvalue weighted by atomic mass is 35.5. The zero-order valence-corrected chi connectivity index (χ0v) is 14.3. The van der Waals surface area contributed by atoms with E-state index in [-0.39, 0.29) is 0 Å². The van der Waals surface area contributed by atoms with E-state index in [2.05, 4.69) is 15.8 Å². The standard InChI is InChI=1S/C17H18ClN3OS/c1-2-19-17(23)21-20-11-13-6-5-8-15(10-13)22-12-14-7-3-4-9-16(14)18/h3-11H,2,12H2,1H3,(H2,19,21,23). The van der Waals surface area contributed by atoms with E-state index in [0.717, 1.165) is 23.4 Å². The van der Waals surface area contributed by atoms with Crippen molar-refractivity contribution in [2.75, 3.05) is 6.54 Å². The molecular formula is C17H18ClN3OS. The number of hydrazone groups is 1. The van der Waals surface area contributed by atoms with E-state index in [0.29, 0.717) is 16.7 Å². The zero-order valence-electron chi connectivity index (χ0n) is 12.8. The molecule has 0 saturated carbocycles. The number of hydrogen-bond acceptors (Lipinski definition) is 3. The summed E-state index contributed by atoms with van der Waals surface area (Å²) in [5.74, 6) is 0.753. The molecule has 120 valence electrons. The molecule has 0 fully saturated rings. The van der Waals surface area contributed by atoms with Crippen LogP contribution in [0.1, 0.15) is 18.1 Å². The molecule has 0 aliphatic carbocycles. The Balaban J connectivity index is 1.93. The minimum Gasteiger partial charge on any atom is -0.489 e. The minimum absolute atomic E-state index is 0.420. The van der Waals surface area contributed by atoms with Crippen molar-refractivity contribution in [3.8, 4) is 5.75 Å². The van der Waals surface area contributed by atoms with E-state index >= 15 is 0 Å². The molecule has 4 nitrogen and oxygen atoms in total. The average molecular weight is 348 g/mol. The van der Waals surface area contributed by atoms with Crippen LogP contribution in [-0.2, 0) is 6.61 Å². The van der Waals surface area contributed by atoms with Gasteiger partial charge < -0.3 is 10.1 Å². The molecule has 2 aromatic rings. The van der Waals surface area contributed by atoms with Gasteiger partial charge in [-0.3, -0.25) is 5.43 Å². The van der Waals surface area contributed by atoms with E-state index in [1.807, 2.05) is 55.5 Å². The topological polar surface area (TPSA) is 45.7 Å². The number of rotatable bonds is 6. The van der Waals surface area contributed by atoms with Gasteiger partial charge in [-0.05, 0) is 42.9 Å².